The van der Waals surface area contributed by atoms with Gasteiger partial charge < -0.3 is 17.3 Å². The molecule has 6 heteroatoms. The molecule has 1 aliphatic heterocycles. The van der Waals surface area contributed by atoms with Gasteiger partial charge in [0.15, 0.2) is 0 Å². The Balaban J connectivity index is 0.000000972. The molecule has 1 saturated heterocycles. The van der Waals surface area contributed by atoms with Crippen LogP contribution in [0.1, 0.15) is 45.7 Å². The summed E-state index contributed by atoms with van der Waals surface area (Å²) in [4.78, 5) is 0. The SMILES string of the molecule is CC(C)[C@H]1[N-]C2C(c3ccc(C(C)(C)C)cc3)=CC=C[C@H]2N1[Si](C)(C)C1C2C=CC=CC2C2C=CC=CC21.[CH3-].[Cl][Ti][Cl]. The number of fused-ring (bicyclic) bond motifs is 4. The fourth-order valence-electron chi connectivity index (χ4n) is 8.28. The Bertz CT molecular complexity index is 1240. The van der Waals surface area contributed by atoms with Crippen LogP contribution >= 0.6 is 18.6 Å². The molecule has 1 saturated carbocycles. The number of allylic oxidation sites excluding steroid dienone is 10. The fourth-order valence-corrected chi connectivity index (χ4v) is 13.2. The fraction of sp³-hybridized carbons (Fsp3) is 0.472. The molecule has 1 aromatic rings. The number of rotatable bonds is 4. The number of hydrogen-bond acceptors (Lipinski definition) is 1. The van der Waals surface area contributed by atoms with Gasteiger partial charge in [-0.15, -0.1) is 0 Å². The molecule has 1 heterocycles. The Morgan fingerprint density at radius 1 is 0.810 bits per heavy atom. The molecule has 2 nitrogen and oxygen atoms in total. The van der Waals surface area contributed by atoms with E-state index in [1.165, 1.54) is 16.7 Å². The molecule has 7 atom stereocenters. The molecule has 0 aromatic heterocycles. The predicted molar refractivity (Wildman–Crippen MR) is 184 cm³/mol. The zero-order valence-corrected chi connectivity index (χ0v) is 30.6. The third-order valence-corrected chi connectivity index (χ3v) is 14.3. The van der Waals surface area contributed by atoms with Gasteiger partial charge in [-0.05, 0) is 45.8 Å². The van der Waals surface area contributed by atoms with Gasteiger partial charge in [-0.2, -0.15) is 0 Å². The van der Waals surface area contributed by atoms with E-state index >= 15 is 0 Å². The van der Waals surface area contributed by atoms with Crippen molar-refractivity contribution in [2.45, 2.75) is 76.9 Å². The molecular weight excluding hydrogens is 607 g/mol. The van der Waals surface area contributed by atoms with Crippen LogP contribution in [0.5, 0.6) is 0 Å². The molecule has 0 spiro atoms. The Hall–Kier alpha value is -0.909. The zero-order valence-electron chi connectivity index (χ0n) is 26.5. The van der Waals surface area contributed by atoms with Gasteiger partial charge in [0.2, 0.25) is 0 Å². The summed E-state index contributed by atoms with van der Waals surface area (Å²) in [6.07, 6.45) is 26.6. The van der Waals surface area contributed by atoms with Gasteiger partial charge in [0.25, 0.3) is 0 Å². The molecule has 0 amide bonds. The molecule has 0 radical (unpaired) electrons. The Morgan fingerprint density at radius 3 is 1.79 bits per heavy atom. The minimum atomic E-state index is -1.96. The van der Waals surface area contributed by atoms with Crippen molar-refractivity contribution >= 4 is 32.4 Å². The van der Waals surface area contributed by atoms with E-state index in [1.54, 1.807) is 0 Å². The quantitative estimate of drug-likeness (QED) is 0.233. The summed E-state index contributed by atoms with van der Waals surface area (Å²) in [5, 5.41) is 5.64. The Morgan fingerprint density at radius 2 is 1.31 bits per heavy atom. The van der Waals surface area contributed by atoms with E-state index in [2.05, 4.69) is 143 Å². The average Bonchev–Trinajstić information content (AvgIpc) is 3.51. The maximum absolute atomic E-state index is 5.64. The number of nitrogens with zero attached hydrogens (tertiary/aromatic N) is 2. The van der Waals surface area contributed by atoms with Crippen LogP contribution in [0.15, 0.2) is 91.1 Å². The monoisotopic (exact) mass is 654 g/mol. The normalized spacial score (nSPS) is 32.9. The molecule has 0 N–H and O–H groups in total. The molecule has 5 unspecified atom stereocenters. The first-order chi connectivity index (χ1) is 19.5. The van der Waals surface area contributed by atoms with E-state index in [9.17, 15) is 0 Å². The molecule has 5 aliphatic rings. The predicted octanol–water partition coefficient (Wildman–Crippen LogP) is 10.5. The Labute approximate surface area is 273 Å². The van der Waals surface area contributed by atoms with Crippen LogP contribution in [0.3, 0.4) is 0 Å². The van der Waals surface area contributed by atoms with E-state index in [0.29, 0.717) is 41.2 Å². The third-order valence-electron chi connectivity index (χ3n) is 10.0. The number of halogens is 2. The summed E-state index contributed by atoms with van der Waals surface area (Å²) in [5.41, 5.74) is 4.93. The van der Waals surface area contributed by atoms with E-state index < -0.39 is 25.3 Å². The first-order valence-electron chi connectivity index (χ1n) is 15.1. The van der Waals surface area contributed by atoms with Crippen LogP contribution in [0.4, 0.5) is 0 Å². The summed E-state index contributed by atoms with van der Waals surface area (Å²) in [7, 11) is 7.82. The maximum atomic E-state index is 5.64. The van der Waals surface area contributed by atoms with Crippen molar-refractivity contribution in [3.05, 3.63) is 115 Å². The molecule has 1 aromatic carbocycles. The molecule has 0 bridgehead atoms. The summed E-state index contributed by atoms with van der Waals surface area (Å²) in [6.45, 7) is 16.9. The third kappa shape index (κ3) is 6.27. The molecular formula is C36H48Cl2N2SiTi-2. The molecule has 6 rings (SSSR count). The minimum absolute atomic E-state index is 0. The van der Waals surface area contributed by atoms with Crippen molar-refractivity contribution in [2.75, 3.05) is 0 Å². The second-order valence-electron chi connectivity index (χ2n) is 14.1. The van der Waals surface area contributed by atoms with Gasteiger partial charge in [-0.1, -0.05) is 163 Å². The van der Waals surface area contributed by atoms with Gasteiger partial charge in [0.1, 0.15) is 8.24 Å². The van der Waals surface area contributed by atoms with Crippen LogP contribution in [0, 0.1) is 37.0 Å². The molecule has 226 valence electrons. The standard InChI is InChI=1S/C35H45N2Si.CH3.2ClH.Ti/c1-23(2)34-36-32-26(24-19-21-25(22-20-24)35(3,4)5)17-12-18-31(32)37(34)38(6,7)33-29-15-10-8-13-27(29)28-14-9-11-16-30(28)33;;;;/h8-23,27-34H,1-7H3;1H3;2*1H;/q2*-1;;;+2/p-2/t27?,28?,29?,30?,31-,32?,33?,34+;;;;/m1..../s1. The van der Waals surface area contributed by atoms with Crippen molar-refractivity contribution < 1.29 is 17.0 Å². The van der Waals surface area contributed by atoms with Crippen molar-refractivity contribution in [1.82, 2.24) is 4.57 Å². The summed E-state index contributed by atoms with van der Waals surface area (Å²) in [6, 6.07) is 9.85. The van der Waals surface area contributed by atoms with E-state index in [0.717, 1.165) is 0 Å². The molecule has 42 heavy (non-hydrogen) atoms. The Kier molecular flexibility index (Phi) is 11.0. The van der Waals surface area contributed by atoms with Gasteiger partial charge in [0, 0.05) is 6.04 Å². The van der Waals surface area contributed by atoms with Crippen LogP contribution < -0.4 is 0 Å². The van der Waals surface area contributed by atoms with Gasteiger partial charge >= 0.3 is 35.6 Å². The van der Waals surface area contributed by atoms with E-state index in [-0.39, 0.29) is 25.0 Å². The van der Waals surface area contributed by atoms with Crippen LogP contribution in [0.2, 0.25) is 18.6 Å². The number of hydrogen-bond donors (Lipinski definition) is 0. The van der Waals surface area contributed by atoms with Gasteiger partial charge in [0.05, 0.1) is 0 Å². The molecule has 2 fully saturated rings. The van der Waals surface area contributed by atoms with Crippen molar-refractivity contribution in [1.29, 1.82) is 0 Å². The van der Waals surface area contributed by atoms with E-state index in [1.807, 2.05) is 0 Å². The van der Waals surface area contributed by atoms with Crippen molar-refractivity contribution in [2.24, 2.45) is 29.6 Å². The first kappa shape index (κ1) is 34.0. The molecule has 4 aliphatic carbocycles. The second-order valence-corrected chi connectivity index (χ2v) is 21.2. The van der Waals surface area contributed by atoms with Crippen molar-refractivity contribution in [3.63, 3.8) is 0 Å². The first-order valence-corrected chi connectivity index (χ1v) is 22.5. The second kappa shape index (κ2) is 13.6. The van der Waals surface area contributed by atoms with Gasteiger partial charge in [-0.25, -0.2) is 0 Å². The summed E-state index contributed by atoms with van der Waals surface area (Å²) < 4.78 is 2.96. The van der Waals surface area contributed by atoms with Crippen LogP contribution in [-0.4, -0.2) is 31.1 Å². The van der Waals surface area contributed by atoms with Crippen LogP contribution in [0.25, 0.3) is 10.9 Å². The average molecular weight is 656 g/mol. The van der Waals surface area contributed by atoms with Gasteiger partial charge in [-0.3, -0.25) is 0 Å². The topological polar surface area (TPSA) is 17.3 Å². The zero-order chi connectivity index (χ0) is 29.5. The summed E-state index contributed by atoms with van der Waals surface area (Å²) in [5.74, 6) is 2.96. The van der Waals surface area contributed by atoms with E-state index in [4.69, 9.17) is 23.9 Å². The number of benzene rings is 1. The van der Waals surface area contributed by atoms with Crippen LogP contribution in [-0.2, 0) is 22.4 Å². The summed E-state index contributed by atoms with van der Waals surface area (Å²) >= 11 is -0.556. The van der Waals surface area contributed by atoms with Crippen molar-refractivity contribution in [3.8, 4) is 0 Å².